The highest BCUT2D eigenvalue weighted by atomic mass is 32.1. The first kappa shape index (κ1) is 31.6. The van der Waals surface area contributed by atoms with Crippen molar-refractivity contribution in [2.24, 2.45) is 16.3 Å². The van der Waals surface area contributed by atoms with Gasteiger partial charge in [-0.1, -0.05) is 12.1 Å². The molecule has 2 aromatic rings. The summed E-state index contributed by atoms with van der Waals surface area (Å²) in [4.78, 5) is 50.0. The van der Waals surface area contributed by atoms with Gasteiger partial charge in [0.15, 0.2) is 10.8 Å². The number of benzene rings is 1. The number of ether oxygens (including phenoxy) is 1. The number of carbonyl (C=O) groups excluding carboxylic acids is 2. The number of aliphatic carboxylic acids is 1. The van der Waals surface area contributed by atoms with Crippen LogP contribution in [0.15, 0.2) is 46.0 Å². The zero-order valence-corrected chi connectivity index (χ0v) is 25.6. The molecule has 2 N–H and O–H groups in total. The molecule has 44 heavy (non-hydrogen) atoms. The Hall–Kier alpha value is -3.78. The van der Waals surface area contributed by atoms with Gasteiger partial charge in [-0.3, -0.25) is 19.5 Å². The number of halogens is 3. The van der Waals surface area contributed by atoms with Crippen LogP contribution < -0.4 is 5.32 Å². The van der Waals surface area contributed by atoms with E-state index in [9.17, 15) is 23.9 Å². The number of carbonyl (C=O) groups is 3. The number of alkyl halides is 2. The maximum absolute atomic E-state index is 15.4. The van der Waals surface area contributed by atoms with Crippen molar-refractivity contribution in [3.8, 4) is 0 Å². The van der Waals surface area contributed by atoms with Crippen LogP contribution in [-0.2, 0) is 19.1 Å². The van der Waals surface area contributed by atoms with Crippen LogP contribution in [0.3, 0.4) is 0 Å². The number of thiazole rings is 1. The van der Waals surface area contributed by atoms with E-state index >= 15 is 8.78 Å². The number of carboxylic acid groups (broad SMARTS) is 1. The largest absolute Gasteiger partial charge is 0.481 e. The highest BCUT2D eigenvalue weighted by Gasteiger charge is 2.59. The van der Waals surface area contributed by atoms with Crippen LogP contribution in [0.5, 0.6) is 0 Å². The number of hydrogen-bond donors (Lipinski definition) is 2. The molecule has 14 heteroatoms. The van der Waals surface area contributed by atoms with Crippen LogP contribution in [-0.4, -0.2) is 88.3 Å². The van der Waals surface area contributed by atoms with Crippen molar-refractivity contribution in [1.82, 2.24) is 20.1 Å². The maximum Gasteiger partial charge on any atom is 0.338 e. The number of aliphatic imine (C=N–C) groups is 1. The molecule has 4 heterocycles. The fraction of sp³-hybridized carbons (Fsp3) is 0.500. The van der Waals surface area contributed by atoms with E-state index in [2.05, 4.69) is 10.3 Å². The summed E-state index contributed by atoms with van der Waals surface area (Å²) in [7, 11) is 0. The van der Waals surface area contributed by atoms with Crippen molar-refractivity contribution in [3.05, 3.63) is 63.0 Å². The molecule has 0 radical (unpaired) electrons. The summed E-state index contributed by atoms with van der Waals surface area (Å²) in [6.45, 7) is 5.13. The zero-order valence-electron chi connectivity index (χ0n) is 24.8. The molecule has 0 spiro atoms. The Morgan fingerprint density at radius 1 is 1.25 bits per heavy atom. The number of nitrogens with one attached hydrogen (secondary N) is 1. The minimum Gasteiger partial charge on any atom is -0.481 e. The summed E-state index contributed by atoms with van der Waals surface area (Å²) in [5.74, 6) is -6.88. The number of likely N-dealkylation sites (tertiary alicyclic amines) is 2. The van der Waals surface area contributed by atoms with E-state index in [1.807, 2.05) is 0 Å². The van der Waals surface area contributed by atoms with Gasteiger partial charge in [0.1, 0.15) is 11.9 Å². The Labute approximate surface area is 256 Å². The molecule has 1 amide bonds. The monoisotopic (exact) mass is 633 g/mol. The Morgan fingerprint density at radius 3 is 2.66 bits per heavy atom. The van der Waals surface area contributed by atoms with E-state index in [0.29, 0.717) is 16.4 Å². The number of aromatic nitrogens is 1. The molecular weight excluding hydrogens is 599 g/mol. The summed E-state index contributed by atoms with van der Waals surface area (Å²) < 4.78 is 51.0. The average Bonchev–Trinajstić information content (AvgIpc) is 3.69. The molecule has 3 atom stereocenters. The van der Waals surface area contributed by atoms with Gasteiger partial charge in [-0.2, -0.15) is 0 Å². The number of rotatable bonds is 9. The Bertz CT molecular complexity index is 1530. The highest BCUT2D eigenvalue weighted by molar-refractivity contribution is 7.11. The Morgan fingerprint density at radius 2 is 2.00 bits per heavy atom. The molecular formula is C30H34F3N5O5S. The second-order valence-corrected chi connectivity index (χ2v) is 12.8. The van der Waals surface area contributed by atoms with Gasteiger partial charge >= 0.3 is 11.9 Å². The van der Waals surface area contributed by atoms with Crippen molar-refractivity contribution in [2.75, 3.05) is 32.8 Å². The SMILES string of the molecule is CCOC(=O)C1=C(CN2CC(F)(F)[C@H]3CN(C(=O)CC(C)(C)C(=O)O)C[C@H]32)NC(c2nccs2)=N[C@H]1c1cccc(F)c1C. The fourth-order valence-corrected chi connectivity index (χ4v) is 6.57. The van der Waals surface area contributed by atoms with Gasteiger partial charge in [-0.05, 0) is 44.9 Å². The molecule has 0 unspecified atom stereocenters. The van der Waals surface area contributed by atoms with E-state index in [1.165, 1.54) is 47.1 Å². The number of carboxylic acids is 1. The number of esters is 1. The minimum absolute atomic E-state index is 0.0172. The first-order valence-corrected chi connectivity index (χ1v) is 15.1. The summed E-state index contributed by atoms with van der Waals surface area (Å²) in [6.07, 6.45) is 1.26. The van der Waals surface area contributed by atoms with Crippen LogP contribution in [0.2, 0.25) is 0 Å². The van der Waals surface area contributed by atoms with Crippen molar-refractivity contribution in [3.63, 3.8) is 0 Å². The molecule has 0 aliphatic carbocycles. The molecule has 0 bridgehead atoms. The lowest BCUT2D eigenvalue weighted by Gasteiger charge is -2.32. The molecule has 2 fully saturated rings. The third-order valence-electron chi connectivity index (χ3n) is 8.46. The normalized spacial score (nSPS) is 23.3. The van der Waals surface area contributed by atoms with Gasteiger partial charge in [0.25, 0.3) is 5.92 Å². The topological polar surface area (TPSA) is 124 Å². The van der Waals surface area contributed by atoms with Gasteiger partial charge in [-0.25, -0.2) is 22.9 Å². The van der Waals surface area contributed by atoms with Crippen molar-refractivity contribution in [2.45, 2.75) is 52.1 Å². The highest BCUT2D eigenvalue weighted by Crippen LogP contribution is 2.44. The number of amides is 1. The molecule has 236 valence electrons. The number of hydrogen-bond acceptors (Lipinski definition) is 9. The zero-order chi connectivity index (χ0) is 32.0. The predicted molar refractivity (Wildman–Crippen MR) is 156 cm³/mol. The standard InChI is InChI=1S/C30H34F3N5O5S/c1-5-43-27(40)23-20(35-25(26-34-9-10-44-26)36-24(23)17-7-6-8-19(31)16(17)2)13-38-15-30(32,33)18-12-37(14-21(18)38)22(39)11-29(3,4)28(41)42/h6-10,18,21,24H,5,11-15H2,1-4H3,(H,35,36)(H,41,42)/t18-,21+,24-/m0/s1. The summed E-state index contributed by atoms with van der Waals surface area (Å²) in [5.41, 5.74) is -0.306. The van der Waals surface area contributed by atoms with Gasteiger partial charge in [0.2, 0.25) is 5.91 Å². The second kappa shape index (κ2) is 12.0. The number of fused-ring (bicyclic) bond motifs is 1. The van der Waals surface area contributed by atoms with Gasteiger partial charge in [-0.15, -0.1) is 11.3 Å². The van der Waals surface area contributed by atoms with Crippen molar-refractivity contribution < 1.29 is 37.4 Å². The Balaban J connectivity index is 1.52. The molecule has 1 aromatic carbocycles. The molecule has 10 nitrogen and oxygen atoms in total. The molecule has 2 saturated heterocycles. The van der Waals surface area contributed by atoms with Crippen LogP contribution in [0.4, 0.5) is 13.2 Å². The first-order valence-electron chi connectivity index (χ1n) is 14.3. The van der Waals surface area contributed by atoms with Gasteiger partial charge in [0.05, 0.1) is 30.1 Å². The average molecular weight is 634 g/mol. The van der Waals surface area contributed by atoms with Crippen molar-refractivity contribution >= 4 is 35.0 Å². The lowest BCUT2D eigenvalue weighted by Crippen LogP contribution is -2.44. The quantitative estimate of drug-likeness (QED) is 0.400. The van der Waals surface area contributed by atoms with Crippen LogP contribution in [0.1, 0.15) is 49.4 Å². The van der Waals surface area contributed by atoms with Crippen LogP contribution >= 0.6 is 11.3 Å². The summed E-state index contributed by atoms with van der Waals surface area (Å²) >= 11 is 1.29. The van der Waals surface area contributed by atoms with Crippen LogP contribution in [0.25, 0.3) is 0 Å². The third-order valence-corrected chi connectivity index (χ3v) is 9.24. The van der Waals surface area contributed by atoms with E-state index in [4.69, 9.17) is 9.73 Å². The molecule has 3 aliphatic heterocycles. The fourth-order valence-electron chi connectivity index (χ4n) is 5.99. The lowest BCUT2D eigenvalue weighted by atomic mass is 9.89. The molecule has 0 saturated carbocycles. The van der Waals surface area contributed by atoms with E-state index in [-0.39, 0.29) is 49.5 Å². The van der Waals surface area contributed by atoms with Crippen LogP contribution in [0, 0.1) is 24.1 Å². The van der Waals surface area contributed by atoms with E-state index in [1.54, 1.807) is 31.5 Å². The summed E-state index contributed by atoms with van der Waals surface area (Å²) in [6, 6.07) is 2.72. The maximum atomic E-state index is 15.4. The Kier molecular flexibility index (Phi) is 8.60. The number of amidine groups is 1. The van der Waals surface area contributed by atoms with Gasteiger partial charge < -0.3 is 20.1 Å². The number of nitrogens with zero attached hydrogens (tertiary/aromatic N) is 4. The van der Waals surface area contributed by atoms with E-state index < -0.39 is 59.5 Å². The molecule has 1 aromatic heterocycles. The first-order chi connectivity index (χ1) is 20.7. The third kappa shape index (κ3) is 5.96. The minimum atomic E-state index is -3.15. The van der Waals surface area contributed by atoms with Gasteiger partial charge in [0, 0.05) is 49.4 Å². The predicted octanol–water partition coefficient (Wildman–Crippen LogP) is 3.78. The van der Waals surface area contributed by atoms with Crippen molar-refractivity contribution in [1.29, 1.82) is 0 Å². The lowest BCUT2D eigenvalue weighted by molar-refractivity contribution is -0.151. The second-order valence-electron chi connectivity index (χ2n) is 11.9. The summed E-state index contributed by atoms with van der Waals surface area (Å²) in [5, 5.41) is 14.8. The van der Waals surface area contributed by atoms with E-state index in [0.717, 1.165) is 0 Å². The smallest absolute Gasteiger partial charge is 0.338 e. The molecule has 5 rings (SSSR count). The molecule has 3 aliphatic rings.